The Labute approximate surface area is 153 Å². The molecule has 0 spiro atoms. The molecule has 0 fully saturated rings. The molecule has 0 atom stereocenters. The van der Waals surface area contributed by atoms with E-state index in [1.54, 1.807) is 13.1 Å². The number of nitrogens with one attached hydrogen (secondary N) is 1. The van der Waals surface area contributed by atoms with E-state index in [1.807, 2.05) is 29.2 Å². The molecule has 0 bridgehead atoms. The van der Waals surface area contributed by atoms with Gasteiger partial charge < -0.3 is 10.1 Å². The van der Waals surface area contributed by atoms with Gasteiger partial charge in [0.2, 0.25) is 5.91 Å². The highest BCUT2D eigenvalue weighted by atomic mass is 79.9. The fraction of sp³-hybridized carbons (Fsp3) is 0.235. The van der Waals surface area contributed by atoms with Gasteiger partial charge in [-0.2, -0.15) is 0 Å². The molecule has 0 saturated heterocycles. The second-order valence-electron chi connectivity index (χ2n) is 5.40. The highest BCUT2D eigenvalue weighted by Gasteiger charge is 2.10. The van der Waals surface area contributed by atoms with Gasteiger partial charge in [-0.25, -0.2) is 0 Å². The van der Waals surface area contributed by atoms with Gasteiger partial charge in [0, 0.05) is 28.8 Å². The van der Waals surface area contributed by atoms with Gasteiger partial charge in [0.15, 0.2) is 0 Å². The van der Waals surface area contributed by atoms with Crippen LogP contribution in [0.15, 0.2) is 53.0 Å². The number of hydrogen-bond acceptors (Lipinski definition) is 5. The van der Waals surface area contributed by atoms with Gasteiger partial charge >= 0.3 is 0 Å². The highest BCUT2D eigenvalue weighted by molar-refractivity contribution is 9.10. The molecule has 1 amide bonds. The molecule has 132 valence electrons. The van der Waals surface area contributed by atoms with Gasteiger partial charge in [-0.1, -0.05) is 22.0 Å². The summed E-state index contributed by atoms with van der Waals surface area (Å²) in [5, 5.41) is 13.4. The van der Waals surface area contributed by atoms with Gasteiger partial charge in [0.25, 0.3) is 5.69 Å². The maximum atomic E-state index is 12.0. The fourth-order valence-corrected chi connectivity index (χ4v) is 2.34. The van der Waals surface area contributed by atoms with Crippen molar-refractivity contribution in [3.05, 3.63) is 63.1 Å². The number of nitro groups is 1. The number of amides is 1. The molecule has 8 heteroatoms. The zero-order valence-corrected chi connectivity index (χ0v) is 15.2. The minimum Gasteiger partial charge on any atom is -0.492 e. The quantitative estimate of drug-likeness (QED) is 0.535. The zero-order chi connectivity index (χ0) is 18.2. The van der Waals surface area contributed by atoms with Crippen LogP contribution in [0.4, 0.5) is 11.4 Å². The van der Waals surface area contributed by atoms with Crippen LogP contribution in [0.5, 0.6) is 5.75 Å². The number of likely N-dealkylation sites (N-methyl/N-ethyl adjacent to an activating group) is 1. The van der Waals surface area contributed by atoms with E-state index < -0.39 is 4.92 Å². The van der Waals surface area contributed by atoms with Gasteiger partial charge in [-0.15, -0.1) is 0 Å². The fourth-order valence-electron chi connectivity index (χ4n) is 2.07. The van der Waals surface area contributed by atoms with Crippen LogP contribution in [-0.2, 0) is 4.79 Å². The highest BCUT2D eigenvalue weighted by Crippen LogP contribution is 2.17. The molecular weight excluding hydrogens is 390 g/mol. The summed E-state index contributed by atoms with van der Waals surface area (Å²) in [6, 6.07) is 13.4. The first-order chi connectivity index (χ1) is 11.9. The van der Waals surface area contributed by atoms with Crippen LogP contribution in [0.2, 0.25) is 0 Å². The Bertz CT molecular complexity index is 737. The number of anilines is 1. The second-order valence-corrected chi connectivity index (χ2v) is 6.31. The molecule has 1 N–H and O–H groups in total. The van der Waals surface area contributed by atoms with Crippen molar-refractivity contribution >= 4 is 33.2 Å². The SMILES string of the molecule is CN(CCOc1ccc(Br)cc1)CC(=O)Nc1cccc([N+](=O)[O-])c1. The standard InChI is InChI=1S/C17H18BrN3O4/c1-20(9-10-25-16-7-5-13(18)6-8-16)12-17(22)19-14-3-2-4-15(11-14)21(23)24/h2-8,11H,9-10,12H2,1H3,(H,19,22). The minimum absolute atomic E-state index is 0.0611. The third-order valence-electron chi connectivity index (χ3n) is 3.31. The van der Waals surface area contributed by atoms with Crippen molar-refractivity contribution in [3.63, 3.8) is 0 Å². The average Bonchev–Trinajstić information content (AvgIpc) is 2.56. The van der Waals surface area contributed by atoms with Gasteiger partial charge in [0.1, 0.15) is 12.4 Å². The first-order valence-corrected chi connectivity index (χ1v) is 8.34. The lowest BCUT2D eigenvalue weighted by atomic mass is 10.3. The lowest BCUT2D eigenvalue weighted by Gasteiger charge is -2.16. The lowest BCUT2D eigenvalue weighted by molar-refractivity contribution is -0.384. The number of rotatable bonds is 8. The molecule has 7 nitrogen and oxygen atoms in total. The van der Waals surface area contributed by atoms with E-state index in [0.717, 1.165) is 10.2 Å². The largest absolute Gasteiger partial charge is 0.492 e. The summed E-state index contributed by atoms with van der Waals surface area (Å²) in [7, 11) is 1.80. The van der Waals surface area contributed by atoms with E-state index in [4.69, 9.17) is 4.74 Å². The van der Waals surface area contributed by atoms with E-state index in [2.05, 4.69) is 21.2 Å². The summed E-state index contributed by atoms with van der Waals surface area (Å²) < 4.78 is 6.59. The summed E-state index contributed by atoms with van der Waals surface area (Å²) in [5.41, 5.74) is 0.341. The first-order valence-electron chi connectivity index (χ1n) is 7.55. The van der Waals surface area contributed by atoms with Crippen molar-refractivity contribution < 1.29 is 14.5 Å². The Morgan fingerprint density at radius 3 is 2.68 bits per heavy atom. The van der Waals surface area contributed by atoms with Crippen LogP contribution in [0, 0.1) is 10.1 Å². The molecule has 0 aromatic heterocycles. The zero-order valence-electron chi connectivity index (χ0n) is 13.6. The summed E-state index contributed by atoms with van der Waals surface area (Å²) in [4.78, 5) is 24.1. The summed E-state index contributed by atoms with van der Waals surface area (Å²) in [6.07, 6.45) is 0. The van der Waals surface area contributed by atoms with Crippen LogP contribution in [0.1, 0.15) is 0 Å². The number of benzene rings is 2. The Hall–Kier alpha value is -2.45. The number of ether oxygens (including phenoxy) is 1. The predicted molar refractivity (Wildman–Crippen MR) is 98.9 cm³/mol. The molecule has 0 heterocycles. The number of carbonyl (C=O) groups excluding carboxylic acids is 1. The van der Waals surface area contributed by atoms with Crippen LogP contribution < -0.4 is 10.1 Å². The van der Waals surface area contributed by atoms with E-state index >= 15 is 0 Å². The van der Waals surface area contributed by atoms with Gasteiger partial charge in [-0.05, 0) is 37.4 Å². The van der Waals surface area contributed by atoms with E-state index in [0.29, 0.717) is 18.8 Å². The average molecular weight is 408 g/mol. The molecule has 0 radical (unpaired) electrons. The summed E-state index contributed by atoms with van der Waals surface area (Å²) in [5.74, 6) is 0.518. The smallest absolute Gasteiger partial charge is 0.271 e. The van der Waals surface area contributed by atoms with E-state index in [-0.39, 0.29) is 18.1 Å². The summed E-state index contributed by atoms with van der Waals surface area (Å²) >= 11 is 3.36. The number of hydrogen-bond donors (Lipinski definition) is 1. The first kappa shape index (κ1) is 18.9. The summed E-state index contributed by atoms with van der Waals surface area (Å²) in [6.45, 7) is 1.17. The molecule has 0 unspecified atom stereocenters. The van der Waals surface area contributed by atoms with Crippen molar-refractivity contribution in [1.82, 2.24) is 4.90 Å². The van der Waals surface area contributed by atoms with Crippen molar-refractivity contribution in [2.45, 2.75) is 0 Å². The molecule has 0 aliphatic heterocycles. The number of nitrogens with zero attached hydrogens (tertiary/aromatic N) is 2. The lowest BCUT2D eigenvalue weighted by Crippen LogP contribution is -2.33. The minimum atomic E-state index is -0.499. The maximum absolute atomic E-state index is 12.0. The molecule has 2 aromatic carbocycles. The molecule has 0 aliphatic rings. The number of halogens is 1. The monoisotopic (exact) mass is 407 g/mol. The van der Waals surface area contributed by atoms with Gasteiger partial charge in [0.05, 0.1) is 11.5 Å². The molecule has 25 heavy (non-hydrogen) atoms. The molecule has 2 aromatic rings. The topological polar surface area (TPSA) is 84.7 Å². The van der Waals surface area contributed by atoms with Crippen molar-refractivity contribution in [2.24, 2.45) is 0 Å². The van der Waals surface area contributed by atoms with E-state index in [9.17, 15) is 14.9 Å². The van der Waals surface area contributed by atoms with E-state index in [1.165, 1.54) is 18.2 Å². The molecule has 0 saturated carbocycles. The Kier molecular flexibility index (Phi) is 6.91. The second kappa shape index (κ2) is 9.14. The molecule has 2 rings (SSSR count). The Morgan fingerprint density at radius 2 is 2.00 bits per heavy atom. The third-order valence-corrected chi connectivity index (χ3v) is 3.84. The molecular formula is C17H18BrN3O4. The van der Waals surface area contributed by atoms with Crippen molar-refractivity contribution in [1.29, 1.82) is 0 Å². The number of carbonyl (C=O) groups is 1. The van der Waals surface area contributed by atoms with Crippen LogP contribution in [-0.4, -0.2) is 42.5 Å². The molecule has 0 aliphatic carbocycles. The van der Waals surface area contributed by atoms with Crippen LogP contribution >= 0.6 is 15.9 Å². The van der Waals surface area contributed by atoms with Crippen LogP contribution in [0.3, 0.4) is 0 Å². The number of non-ortho nitro benzene ring substituents is 1. The third kappa shape index (κ3) is 6.52. The predicted octanol–water partition coefficient (Wildman–Crippen LogP) is 3.31. The Morgan fingerprint density at radius 1 is 1.28 bits per heavy atom. The van der Waals surface area contributed by atoms with Crippen molar-refractivity contribution in [3.8, 4) is 5.75 Å². The van der Waals surface area contributed by atoms with Gasteiger partial charge in [-0.3, -0.25) is 19.8 Å². The normalized spacial score (nSPS) is 10.5. The van der Waals surface area contributed by atoms with Crippen molar-refractivity contribution in [2.75, 3.05) is 32.1 Å². The van der Waals surface area contributed by atoms with Crippen LogP contribution in [0.25, 0.3) is 0 Å². The Balaban J connectivity index is 1.75. The number of nitro benzene ring substituents is 1. The maximum Gasteiger partial charge on any atom is 0.271 e.